The van der Waals surface area contributed by atoms with Gasteiger partial charge in [0, 0.05) is 31.2 Å². The van der Waals surface area contributed by atoms with Crippen LogP contribution in [0.4, 0.5) is 0 Å². The van der Waals surface area contributed by atoms with Crippen molar-refractivity contribution in [2.75, 3.05) is 19.6 Å². The highest BCUT2D eigenvalue weighted by Crippen LogP contribution is 2.13. The predicted molar refractivity (Wildman–Crippen MR) is 78.3 cm³/mol. The molecule has 1 aromatic rings. The second kappa shape index (κ2) is 6.20. The van der Waals surface area contributed by atoms with Crippen molar-refractivity contribution >= 4 is 5.91 Å². The molecule has 1 N–H and O–H groups in total. The van der Waals surface area contributed by atoms with Crippen LogP contribution in [0, 0.1) is 12.8 Å². The van der Waals surface area contributed by atoms with E-state index in [1.165, 1.54) is 5.56 Å². The average molecular weight is 260 g/mol. The highest BCUT2D eigenvalue weighted by atomic mass is 16.2. The van der Waals surface area contributed by atoms with Crippen molar-refractivity contribution in [3.63, 3.8) is 0 Å². The third kappa shape index (κ3) is 3.80. The van der Waals surface area contributed by atoms with Gasteiger partial charge in [0.25, 0.3) is 5.91 Å². The van der Waals surface area contributed by atoms with Crippen molar-refractivity contribution in [3.8, 4) is 0 Å². The Labute approximate surface area is 116 Å². The van der Waals surface area contributed by atoms with Crippen molar-refractivity contribution in [2.24, 2.45) is 5.92 Å². The molecule has 1 aliphatic heterocycles. The minimum atomic E-state index is 0.162. The SMILES string of the molecule is Cc1ccc(C(=O)N2CCNC(CC(C)C)C2)cc1. The van der Waals surface area contributed by atoms with Crippen LogP contribution in [-0.4, -0.2) is 36.5 Å². The standard InChI is InChI=1S/C16H24N2O/c1-12(2)10-15-11-18(9-8-17-15)16(19)14-6-4-13(3)5-7-14/h4-7,12,15,17H,8-11H2,1-3H3. The van der Waals surface area contributed by atoms with E-state index in [0.717, 1.165) is 31.6 Å². The predicted octanol–water partition coefficient (Wildman–Crippen LogP) is 2.46. The van der Waals surface area contributed by atoms with Gasteiger partial charge in [-0.1, -0.05) is 31.5 Å². The van der Waals surface area contributed by atoms with Gasteiger partial charge in [-0.15, -0.1) is 0 Å². The average Bonchev–Trinajstić information content (AvgIpc) is 2.38. The molecular weight excluding hydrogens is 236 g/mol. The molecule has 3 heteroatoms. The zero-order valence-corrected chi connectivity index (χ0v) is 12.1. The third-order valence-corrected chi connectivity index (χ3v) is 3.60. The normalized spacial score (nSPS) is 19.8. The van der Waals surface area contributed by atoms with E-state index in [-0.39, 0.29) is 5.91 Å². The number of carbonyl (C=O) groups excluding carboxylic acids is 1. The number of hydrogen-bond acceptors (Lipinski definition) is 2. The van der Waals surface area contributed by atoms with Gasteiger partial charge in [-0.25, -0.2) is 0 Å². The largest absolute Gasteiger partial charge is 0.336 e. The summed E-state index contributed by atoms with van der Waals surface area (Å²) in [6.07, 6.45) is 1.12. The van der Waals surface area contributed by atoms with E-state index in [0.29, 0.717) is 12.0 Å². The minimum Gasteiger partial charge on any atom is -0.336 e. The maximum atomic E-state index is 12.4. The first-order valence-corrected chi connectivity index (χ1v) is 7.15. The summed E-state index contributed by atoms with van der Waals surface area (Å²) in [6.45, 7) is 9.02. The molecule has 1 saturated heterocycles. The van der Waals surface area contributed by atoms with Crippen LogP contribution in [-0.2, 0) is 0 Å². The monoisotopic (exact) mass is 260 g/mol. The molecular formula is C16H24N2O. The van der Waals surface area contributed by atoms with E-state index < -0.39 is 0 Å². The molecule has 104 valence electrons. The maximum absolute atomic E-state index is 12.4. The number of carbonyl (C=O) groups is 1. The Morgan fingerprint density at radius 3 is 2.68 bits per heavy atom. The molecule has 19 heavy (non-hydrogen) atoms. The molecule has 0 saturated carbocycles. The van der Waals surface area contributed by atoms with Crippen LogP contribution < -0.4 is 5.32 Å². The van der Waals surface area contributed by atoms with Gasteiger partial charge < -0.3 is 10.2 Å². The smallest absolute Gasteiger partial charge is 0.253 e. The Morgan fingerprint density at radius 1 is 1.37 bits per heavy atom. The number of nitrogens with one attached hydrogen (secondary N) is 1. The number of aryl methyl sites for hydroxylation is 1. The fourth-order valence-electron chi connectivity index (χ4n) is 2.62. The van der Waals surface area contributed by atoms with Crippen molar-refractivity contribution in [1.82, 2.24) is 10.2 Å². The van der Waals surface area contributed by atoms with E-state index in [9.17, 15) is 4.79 Å². The molecule has 3 nitrogen and oxygen atoms in total. The lowest BCUT2D eigenvalue weighted by Gasteiger charge is -2.34. The number of rotatable bonds is 3. The number of benzene rings is 1. The van der Waals surface area contributed by atoms with Crippen molar-refractivity contribution < 1.29 is 4.79 Å². The second-order valence-electron chi connectivity index (χ2n) is 5.90. The lowest BCUT2D eigenvalue weighted by molar-refractivity contribution is 0.0694. The van der Waals surface area contributed by atoms with Crippen LogP contribution in [0.25, 0.3) is 0 Å². The van der Waals surface area contributed by atoms with E-state index in [1.54, 1.807) is 0 Å². The second-order valence-corrected chi connectivity index (χ2v) is 5.90. The van der Waals surface area contributed by atoms with Crippen molar-refractivity contribution in [1.29, 1.82) is 0 Å². The van der Waals surface area contributed by atoms with Gasteiger partial charge in [0.1, 0.15) is 0 Å². The molecule has 1 amide bonds. The van der Waals surface area contributed by atoms with Gasteiger partial charge in [-0.05, 0) is 31.4 Å². The number of hydrogen-bond donors (Lipinski definition) is 1. The summed E-state index contributed by atoms with van der Waals surface area (Å²) in [5.74, 6) is 0.821. The van der Waals surface area contributed by atoms with Gasteiger partial charge >= 0.3 is 0 Å². The Kier molecular flexibility index (Phi) is 4.59. The molecule has 0 radical (unpaired) electrons. The topological polar surface area (TPSA) is 32.3 Å². The van der Waals surface area contributed by atoms with Crippen LogP contribution in [0.2, 0.25) is 0 Å². The van der Waals surface area contributed by atoms with Crippen LogP contribution >= 0.6 is 0 Å². The van der Waals surface area contributed by atoms with Crippen molar-refractivity contribution in [2.45, 2.75) is 33.2 Å². The van der Waals surface area contributed by atoms with Gasteiger partial charge in [0.05, 0.1) is 0 Å². The molecule has 1 unspecified atom stereocenters. The van der Waals surface area contributed by atoms with Crippen LogP contribution in [0.15, 0.2) is 24.3 Å². The molecule has 1 atom stereocenters. The molecule has 1 heterocycles. The summed E-state index contributed by atoms with van der Waals surface area (Å²) < 4.78 is 0. The number of nitrogens with zero attached hydrogens (tertiary/aromatic N) is 1. The fraction of sp³-hybridized carbons (Fsp3) is 0.562. The Bertz CT molecular complexity index is 425. The summed E-state index contributed by atoms with van der Waals surface area (Å²) >= 11 is 0. The Morgan fingerprint density at radius 2 is 2.05 bits per heavy atom. The van der Waals surface area contributed by atoms with E-state index in [2.05, 4.69) is 19.2 Å². The summed E-state index contributed by atoms with van der Waals surface area (Å²) in [5.41, 5.74) is 1.99. The van der Waals surface area contributed by atoms with E-state index in [4.69, 9.17) is 0 Å². The highest BCUT2D eigenvalue weighted by Gasteiger charge is 2.24. The van der Waals surface area contributed by atoms with Gasteiger partial charge in [0.15, 0.2) is 0 Å². The summed E-state index contributed by atoms with van der Waals surface area (Å²) in [4.78, 5) is 14.4. The van der Waals surface area contributed by atoms with E-state index in [1.807, 2.05) is 36.1 Å². The molecule has 0 spiro atoms. The Balaban J connectivity index is 2.00. The molecule has 0 bridgehead atoms. The first kappa shape index (κ1) is 14.1. The molecule has 1 aromatic carbocycles. The zero-order valence-electron chi connectivity index (χ0n) is 12.1. The molecule has 2 rings (SSSR count). The van der Waals surface area contributed by atoms with Crippen LogP contribution in [0.5, 0.6) is 0 Å². The molecule has 1 fully saturated rings. The minimum absolute atomic E-state index is 0.162. The molecule has 1 aliphatic rings. The third-order valence-electron chi connectivity index (χ3n) is 3.60. The van der Waals surface area contributed by atoms with E-state index >= 15 is 0 Å². The maximum Gasteiger partial charge on any atom is 0.253 e. The summed E-state index contributed by atoms with van der Waals surface area (Å²) in [6, 6.07) is 8.29. The summed E-state index contributed by atoms with van der Waals surface area (Å²) in [7, 11) is 0. The van der Waals surface area contributed by atoms with Gasteiger partial charge in [-0.2, -0.15) is 0 Å². The lowest BCUT2D eigenvalue weighted by Crippen LogP contribution is -2.52. The zero-order chi connectivity index (χ0) is 13.8. The van der Waals surface area contributed by atoms with Crippen LogP contribution in [0.1, 0.15) is 36.2 Å². The first-order valence-electron chi connectivity index (χ1n) is 7.15. The van der Waals surface area contributed by atoms with Gasteiger partial charge in [-0.3, -0.25) is 4.79 Å². The lowest BCUT2D eigenvalue weighted by atomic mass is 10.0. The quantitative estimate of drug-likeness (QED) is 0.905. The molecule has 0 aliphatic carbocycles. The highest BCUT2D eigenvalue weighted by molar-refractivity contribution is 5.94. The van der Waals surface area contributed by atoms with Crippen LogP contribution in [0.3, 0.4) is 0 Å². The fourth-order valence-corrected chi connectivity index (χ4v) is 2.62. The summed E-state index contributed by atoms with van der Waals surface area (Å²) in [5, 5.41) is 3.50. The van der Waals surface area contributed by atoms with Crippen molar-refractivity contribution in [3.05, 3.63) is 35.4 Å². The number of amides is 1. The molecule has 0 aromatic heterocycles. The van der Waals surface area contributed by atoms with Gasteiger partial charge in [0.2, 0.25) is 0 Å². The Hall–Kier alpha value is -1.35. The first-order chi connectivity index (χ1) is 9.06. The number of piperazine rings is 1.